The molecule has 4 aliphatic rings. The van der Waals surface area contributed by atoms with Gasteiger partial charge in [-0.3, -0.25) is 24.1 Å². The molecule has 2 aliphatic heterocycles. The van der Waals surface area contributed by atoms with Gasteiger partial charge < -0.3 is 10.1 Å². The zero-order chi connectivity index (χ0) is 24.1. The maximum Gasteiger partial charge on any atom is 0.323 e. The van der Waals surface area contributed by atoms with Gasteiger partial charge in [0.15, 0.2) is 0 Å². The van der Waals surface area contributed by atoms with E-state index in [4.69, 9.17) is 0 Å². The third-order valence-electron chi connectivity index (χ3n) is 8.24. The Morgan fingerprint density at radius 2 is 1.74 bits per heavy atom. The number of rotatable bonds is 3. The summed E-state index contributed by atoms with van der Waals surface area (Å²) in [4.78, 5) is 54.9. The maximum absolute atomic E-state index is 13.2. The van der Waals surface area contributed by atoms with Gasteiger partial charge in [-0.05, 0) is 40.7 Å². The zero-order valence-corrected chi connectivity index (χ0v) is 20.7. The number of amides is 2. The monoisotopic (exact) mass is 498 g/mol. The molecule has 0 unspecified atom stereocenters. The summed E-state index contributed by atoms with van der Waals surface area (Å²) < 4.78 is 0. The Labute approximate surface area is 204 Å². The predicted molar refractivity (Wildman–Crippen MR) is 128 cm³/mol. The Kier molecular flexibility index (Phi) is 4.75. The molecule has 2 saturated carbocycles. The molecule has 2 N–H and O–H groups in total. The van der Waals surface area contributed by atoms with Crippen LogP contribution in [0.25, 0.3) is 0 Å². The average molecular weight is 499 g/mol. The number of thiazole rings is 1. The third-order valence-corrected chi connectivity index (χ3v) is 10.8. The van der Waals surface area contributed by atoms with Gasteiger partial charge in [-0.25, -0.2) is 0 Å². The number of carboxylic acid groups (broad SMARTS) is 1. The number of carboxylic acids is 1. The lowest BCUT2D eigenvalue weighted by molar-refractivity contribution is -0.149. The number of carbonyl (C=O) groups is 3. The van der Waals surface area contributed by atoms with E-state index in [1.807, 2.05) is 0 Å². The summed E-state index contributed by atoms with van der Waals surface area (Å²) in [5.74, 6) is -2.62. The van der Waals surface area contributed by atoms with E-state index in [2.05, 4.69) is 50.0 Å². The molecule has 2 amide bonds. The van der Waals surface area contributed by atoms with Crippen molar-refractivity contribution in [1.82, 2.24) is 9.88 Å². The molecule has 9 heteroatoms. The van der Waals surface area contributed by atoms with E-state index in [1.54, 1.807) is 11.8 Å². The molecule has 7 atom stereocenters. The SMILES string of the molecule is CC(C)(C)c1ccc([C@@H]2c3sc(=O)[nH]c3S[C@@H]3[C@H]4C[C@@H]([C@@H]5C(=O)N(CC(=O)O)C(=O)[C@H]45)[C@H]23)cc1. The van der Waals surface area contributed by atoms with Crippen molar-refractivity contribution in [1.29, 1.82) is 0 Å². The minimum atomic E-state index is -1.17. The van der Waals surface area contributed by atoms with Gasteiger partial charge in [0, 0.05) is 16.0 Å². The first-order valence-electron chi connectivity index (χ1n) is 11.6. The molecule has 1 saturated heterocycles. The number of hydrogen-bond acceptors (Lipinski definition) is 6. The van der Waals surface area contributed by atoms with Crippen LogP contribution in [0.5, 0.6) is 0 Å². The van der Waals surface area contributed by atoms with Gasteiger partial charge in [-0.1, -0.05) is 56.4 Å². The number of aromatic amines is 1. The van der Waals surface area contributed by atoms with Gasteiger partial charge in [0.1, 0.15) is 6.54 Å². The quantitative estimate of drug-likeness (QED) is 0.629. The lowest BCUT2D eigenvalue weighted by Gasteiger charge is -2.43. The highest BCUT2D eigenvalue weighted by molar-refractivity contribution is 8.00. The molecule has 7 nitrogen and oxygen atoms in total. The predicted octanol–water partition coefficient (Wildman–Crippen LogP) is 3.29. The van der Waals surface area contributed by atoms with E-state index in [-0.39, 0.29) is 51.0 Å². The number of H-pyrrole nitrogens is 1. The summed E-state index contributed by atoms with van der Waals surface area (Å²) >= 11 is 2.88. The Balaban J connectivity index is 1.43. The second-order valence-electron chi connectivity index (χ2n) is 11.0. The van der Waals surface area contributed by atoms with Crippen LogP contribution in [0, 0.1) is 29.6 Å². The van der Waals surface area contributed by atoms with Crippen LogP contribution in [0.3, 0.4) is 0 Å². The molecule has 0 radical (unpaired) electrons. The van der Waals surface area contributed by atoms with Gasteiger partial charge in [0.25, 0.3) is 0 Å². The zero-order valence-electron chi connectivity index (χ0n) is 19.1. The number of benzene rings is 1. The highest BCUT2D eigenvalue weighted by atomic mass is 32.2. The van der Waals surface area contributed by atoms with Crippen LogP contribution in [0.2, 0.25) is 0 Å². The van der Waals surface area contributed by atoms with E-state index < -0.39 is 24.3 Å². The highest BCUT2D eigenvalue weighted by Crippen LogP contribution is 2.68. The molecule has 1 aromatic heterocycles. The van der Waals surface area contributed by atoms with Gasteiger partial charge >= 0.3 is 10.8 Å². The molecular formula is C25H26N2O5S2. The number of imide groups is 1. The first-order valence-corrected chi connectivity index (χ1v) is 13.3. The fourth-order valence-electron chi connectivity index (χ4n) is 6.93. The molecule has 3 heterocycles. The van der Waals surface area contributed by atoms with E-state index in [0.29, 0.717) is 0 Å². The Morgan fingerprint density at radius 1 is 1.09 bits per heavy atom. The normalized spacial score (nSPS) is 33.7. The molecule has 2 aromatic rings. The van der Waals surface area contributed by atoms with Gasteiger partial charge in [0.2, 0.25) is 11.8 Å². The maximum atomic E-state index is 13.2. The number of fused-ring (bicyclic) bond motifs is 9. The Hall–Kier alpha value is -2.39. The average Bonchev–Trinajstić information content (AvgIpc) is 3.48. The minimum Gasteiger partial charge on any atom is -0.480 e. The first kappa shape index (κ1) is 22.1. The lowest BCUT2D eigenvalue weighted by Crippen LogP contribution is -2.42. The number of nitrogens with one attached hydrogen (secondary N) is 1. The van der Waals surface area contributed by atoms with Crippen LogP contribution in [-0.2, 0) is 19.8 Å². The molecule has 2 aliphatic carbocycles. The van der Waals surface area contributed by atoms with Crippen molar-refractivity contribution in [2.24, 2.45) is 29.6 Å². The van der Waals surface area contributed by atoms with Crippen molar-refractivity contribution in [3.63, 3.8) is 0 Å². The summed E-state index contributed by atoms with van der Waals surface area (Å²) in [6.07, 6.45) is 0.797. The van der Waals surface area contributed by atoms with Gasteiger partial charge in [0.05, 0.1) is 16.9 Å². The molecule has 34 heavy (non-hydrogen) atoms. The number of hydrogen-bond donors (Lipinski definition) is 2. The summed E-state index contributed by atoms with van der Waals surface area (Å²) in [6, 6.07) is 8.59. The van der Waals surface area contributed by atoms with Crippen LogP contribution in [-0.4, -0.2) is 44.6 Å². The summed E-state index contributed by atoms with van der Waals surface area (Å²) in [7, 11) is 0. The first-order chi connectivity index (χ1) is 16.1. The number of thioether (sulfide) groups is 1. The van der Waals surface area contributed by atoms with Crippen LogP contribution in [0.4, 0.5) is 0 Å². The summed E-state index contributed by atoms with van der Waals surface area (Å²) in [5, 5.41) is 10.2. The Morgan fingerprint density at radius 3 is 2.35 bits per heavy atom. The molecule has 0 spiro atoms. The van der Waals surface area contributed by atoms with Crippen LogP contribution in [0.1, 0.15) is 49.1 Å². The van der Waals surface area contributed by atoms with Crippen LogP contribution >= 0.6 is 23.1 Å². The second kappa shape index (κ2) is 7.31. The topological polar surface area (TPSA) is 108 Å². The van der Waals surface area contributed by atoms with Crippen molar-refractivity contribution < 1.29 is 19.5 Å². The number of aliphatic carboxylic acids is 1. The molecule has 2 bridgehead atoms. The van der Waals surface area contributed by atoms with Crippen molar-refractivity contribution in [3.8, 4) is 0 Å². The fourth-order valence-corrected chi connectivity index (χ4v) is 9.82. The van der Waals surface area contributed by atoms with Gasteiger partial charge in [-0.15, -0.1) is 11.8 Å². The minimum absolute atomic E-state index is 0.000361. The second-order valence-corrected chi connectivity index (χ2v) is 13.2. The Bertz CT molecular complexity index is 1270. The fraction of sp³-hybridized carbons (Fsp3) is 0.520. The van der Waals surface area contributed by atoms with Crippen molar-refractivity contribution in [2.75, 3.05) is 6.54 Å². The highest BCUT2D eigenvalue weighted by Gasteiger charge is 2.69. The van der Waals surface area contributed by atoms with Crippen molar-refractivity contribution >= 4 is 40.9 Å². The van der Waals surface area contributed by atoms with Crippen LogP contribution < -0.4 is 4.87 Å². The summed E-state index contributed by atoms with van der Waals surface area (Å²) in [5.41, 5.74) is 2.38. The summed E-state index contributed by atoms with van der Waals surface area (Å²) in [6.45, 7) is 5.96. The van der Waals surface area contributed by atoms with E-state index in [1.165, 1.54) is 16.9 Å². The van der Waals surface area contributed by atoms with Crippen LogP contribution in [0.15, 0.2) is 34.1 Å². The standard InChI is InChI=1S/C25H26N2O5S2/c1-25(2,3)11-6-4-10(5-7-11)15-16-12-8-13(19(16)33-21-20(15)34-24(32)26-21)18-17(12)22(30)27(23(18)31)9-14(28)29/h4-7,12-13,15-19H,8-9H2,1-3H3,(H,26,32)(H,28,29)/t12-,13+,15+,16-,17+,18-,19-/m1/s1. The third kappa shape index (κ3) is 3.02. The number of carbonyl (C=O) groups excluding carboxylic acids is 2. The number of aromatic nitrogens is 1. The molecule has 1 aromatic carbocycles. The van der Waals surface area contributed by atoms with E-state index in [9.17, 15) is 24.3 Å². The largest absolute Gasteiger partial charge is 0.480 e. The number of nitrogens with zero attached hydrogens (tertiary/aromatic N) is 1. The van der Waals surface area contributed by atoms with Crippen molar-refractivity contribution in [2.45, 2.75) is 48.8 Å². The lowest BCUT2D eigenvalue weighted by atomic mass is 9.68. The smallest absolute Gasteiger partial charge is 0.323 e. The van der Waals surface area contributed by atoms with E-state index >= 15 is 0 Å². The molecule has 178 valence electrons. The van der Waals surface area contributed by atoms with E-state index in [0.717, 1.165) is 26.8 Å². The van der Waals surface area contributed by atoms with Crippen molar-refractivity contribution in [3.05, 3.63) is 49.9 Å². The number of likely N-dealkylation sites (tertiary alicyclic amines) is 1. The molecule has 6 rings (SSSR count). The van der Waals surface area contributed by atoms with Gasteiger partial charge in [-0.2, -0.15) is 0 Å². The molecular weight excluding hydrogens is 472 g/mol. The molecule has 3 fully saturated rings.